The first-order valence-corrected chi connectivity index (χ1v) is 12.9. The largest absolute Gasteiger partial charge is 0.492 e. The standard InChI is InChI=1S/C28H33F3N2O5/c1-3-36-24(27(35)37-4-2)14-18-8-10-21(11-9-18)38-13-12-32-25-22-16-33(17-23(22)25)26(34)19-6-5-7-20(15-19)28(29,30)31/h5-11,15,22-25,32H,3-4,12-14,16-17H2,1-2H3/t22-,23?,24-,25?/m0/s1. The maximum atomic E-state index is 13.0. The third-order valence-electron chi connectivity index (χ3n) is 6.93. The third kappa shape index (κ3) is 6.85. The van der Waals surface area contributed by atoms with Crippen molar-refractivity contribution < 1.29 is 37.0 Å². The topological polar surface area (TPSA) is 77.1 Å². The van der Waals surface area contributed by atoms with E-state index in [4.69, 9.17) is 14.2 Å². The average molecular weight is 535 g/mol. The lowest BCUT2D eigenvalue weighted by molar-refractivity contribution is -0.156. The first kappa shape index (κ1) is 27.9. The lowest BCUT2D eigenvalue weighted by Gasteiger charge is -2.21. The minimum atomic E-state index is -4.47. The molecular formula is C28H33F3N2O5. The molecule has 2 unspecified atom stereocenters. The number of piperidine rings is 1. The summed E-state index contributed by atoms with van der Waals surface area (Å²) < 4.78 is 55.3. The molecule has 4 atom stereocenters. The fraction of sp³-hybridized carbons (Fsp3) is 0.500. The van der Waals surface area contributed by atoms with Gasteiger partial charge in [-0.05, 0) is 61.6 Å². The van der Waals surface area contributed by atoms with Gasteiger partial charge in [-0.1, -0.05) is 18.2 Å². The van der Waals surface area contributed by atoms with E-state index in [2.05, 4.69) is 5.32 Å². The summed E-state index contributed by atoms with van der Waals surface area (Å²) in [6.45, 7) is 6.50. The molecule has 1 N–H and O–H groups in total. The van der Waals surface area contributed by atoms with E-state index in [0.717, 1.165) is 17.7 Å². The van der Waals surface area contributed by atoms with Crippen LogP contribution in [0.15, 0.2) is 48.5 Å². The van der Waals surface area contributed by atoms with E-state index >= 15 is 0 Å². The number of carbonyl (C=O) groups excluding carboxylic acids is 2. The number of benzene rings is 2. The molecule has 2 fully saturated rings. The molecule has 0 spiro atoms. The number of amides is 1. The lowest BCUT2D eigenvalue weighted by Crippen LogP contribution is -2.36. The van der Waals surface area contributed by atoms with Crippen LogP contribution in [0.4, 0.5) is 13.2 Å². The highest BCUT2D eigenvalue weighted by Crippen LogP contribution is 2.45. The number of carbonyl (C=O) groups is 2. The molecule has 1 saturated heterocycles. The van der Waals surface area contributed by atoms with Crippen molar-refractivity contribution in [3.05, 3.63) is 65.2 Å². The van der Waals surface area contributed by atoms with Crippen LogP contribution in [0.1, 0.15) is 35.3 Å². The fourth-order valence-corrected chi connectivity index (χ4v) is 4.98. The Morgan fingerprint density at radius 2 is 1.76 bits per heavy atom. The number of hydrogen-bond donors (Lipinski definition) is 1. The van der Waals surface area contributed by atoms with Gasteiger partial charge in [0.25, 0.3) is 5.91 Å². The van der Waals surface area contributed by atoms with Gasteiger partial charge in [-0.3, -0.25) is 4.79 Å². The molecule has 7 nitrogen and oxygen atoms in total. The molecule has 4 rings (SSSR count). The van der Waals surface area contributed by atoms with Crippen LogP contribution in [-0.2, 0) is 26.9 Å². The van der Waals surface area contributed by atoms with Crippen LogP contribution in [0, 0.1) is 11.8 Å². The van der Waals surface area contributed by atoms with E-state index < -0.39 is 17.8 Å². The first-order chi connectivity index (χ1) is 18.2. The van der Waals surface area contributed by atoms with Gasteiger partial charge in [0.05, 0.1) is 12.2 Å². The number of hydrogen-bond acceptors (Lipinski definition) is 6. The number of rotatable bonds is 12. The summed E-state index contributed by atoms with van der Waals surface area (Å²) in [5.74, 6) is 0.606. The van der Waals surface area contributed by atoms with E-state index in [9.17, 15) is 22.8 Å². The highest BCUT2D eigenvalue weighted by Gasteiger charge is 2.56. The molecule has 1 aliphatic carbocycles. The van der Waals surface area contributed by atoms with Crippen molar-refractivity contribution in [2.24, 2.45) is 11.8 Å². The van der Waals surface area contributed by atoms with Crippen LogP contribution in [0.3, 0.4) is 0 Å². The maximum Gasteiger partial charge on any atom is 0.416 e. The van der Waals surface area contributed by atoms with Gasteiger partial charge in [0, 0.05) is 44.3 Å². The molecule has 1 aliphatic heterocycles. The van der Waals surface area contributed by atoms with Crippen LogP contribution in [0.5, 0.6) is 5.75 Å². The summed E-state index contributed by atoms with van der Waals surface area (Å²) in [5.41, 5.74) is 0.199. The zero-order valence-corrected chi connectivity index (χ0v) is 21.5. The quantitative estimate of drug-likeness (QED) is 0.328. The number of esters is 1. The van der Waals surface area contributed by atoms with Crippen molar-refractivity contribution in [2.45, 2.75) is 38.6 Å². The molecule has 0 radical (unpaired) electrons. The smallest absolute Gasteiger partial charge is 0.416 e. The van der Waals surface area contributed by atoms with E-state index in [1.807, 2.05) is 31.2 Å². The predicted molar refractivity (Wildman–Crippen MR) is 134 cm³/mol. The van der Waals surface area contributed by atoms with Crippen LogP contribution in [0.2, 0.25) is 0 Å². The van der Waals surface area contributed by atoms with E-state index in [1.165, 1.54) is 12.1 Å². The summed E-state index contributed by atoms with van der Waals surface area (Å²) in [4.78, 5) is 26.4. The van der Waals surface area contributed by atoms with Crippen LogP contribution in [0.25, 0.3) is 0 Å². The molecular weight excluding hydrogens is 501 g/mol. The van der Waals surface area contributed by atoms with Gasteiger partial charge in [0.2, 0.25) is 0 Å². The zero-order valence-electron chi connectivity index (χ0n) is 21.5. The van der Waals surface area contributed by atoms with Crippen LogP contribution >= 0.6 is 0 Å². The van der Waals surface area contributed by atoms with Gasteiger partial charge in [0.1, 0.15) is 12.4 Å². The Morgan fingerprint density at radius 3 is 2.39 bits per heavy atom. The van der Waals surface area contributed by atoms with Gasteiger partial charge >= 0.3 is 12.1 Å². The number of fused-ring (bicyclic) bond motifs is 1. The molecule has 206 valence electrons. The second-order valence-electron chi connectivity index (χ2n) is 9.49. The molecule has 1 saturated carbocycles. The molecule has 10 heteroatoms. The Hall–Kier alpha value is -3.11. The monoisotopic (exact) mass is 534 g/mol. The highest BCUT2D eigenvalue weighted by atomic mass is 19.4. The van der Waals surface area contributed by atoms with Crippen molar-refractivity contribution in [1.82, 2.24) is 10.2 Å². The SMILES string of the molecule is CCOC(=O)[C@H](Cc1ccc(OCCNC2C3CN(C(=O)c4cccc(C(F)(F)F)c4)C[C@@H]32)cc1)OCC. The van der Waals surface area contributed by atoms with Gasteiger partial charge in [0.15, 0.2) is 6.10 Å². The Balaban J connectivity index is 1.16. The van der Waals surface area contributed by atoms with Crippen LogP contribution < -0.4 is 10.1 Å². The molecule has 1 heterocycles. The lowest BCUT2D eigenvalue weighted by atomic mass is 10.1. The fourth-order valence-electron chi connectivity index (χ4n) is 4.98. The van der Waals surface area contributed by atoms with Crippen molar-refractivity contribution in [3.8, 4) is 5.75 Å². The first-order valence-electron chi connectivity index (χ1n) is 12.9. The molecule has 1 amide bonds. The van der Waals surface area contributed by atoms with Crippen molar-refractivity contribution >= 4 is 11.9 Å². The Morgan fingerprint density at radius 1 is 1.05 bits per heavy atom. The van der Waals surface area contributed by atoms with Gasteiger partial charge < -0.3 is 24.4 Å². The molecule has 0 bridgehead atoms. The normalized spacial score (nSPS) is 21.1. The van der Waals surface area contributed by atoms with Gasteiger partial charge in [-0.2, -0.15) is 13.2 Å². The summed E-state index contributed by atoms with van der Waals surface area (Å²) in [5, 5.41) is 3.45. The van der Waals surface area contributed by atoms with E-state index in [-0.39, 0.29) is 23.5 Å². The summed E-state index contributed by atoms with van der Waals surface area (Å²) in [6, 6.07) is 12.4. The van der Waals surface area contributed by atoms with Crippen LogP contribution in [-0.4, -0.2) is 68.4 Å². The van der Waals surface area contributed by atoms with Crippen molar-refractivity contribution in [1.29, 1.82) is 0 Å². The highest BCUT2D eigenvalue weighted by molar-refractivity contribution is 5.94. The van der Waals surface area contributed by atoms with Crippen molar-refractivity contribution in [3.63, 3.8) is 0 Å². The average Bonchev–Trinajstić information content (AvgIpc) is 3.34. The molecule has 2 aromatic carbocycles. The number of ether oxygens (including phenoxy) is 3. The Bertz CT molecular complexity index is 1100. The number of nitrogens with one attached hydrogen (secondary N) is 1. The minimum absolute atomic E-state index is 0.0688. The summed E-state index contributed by atoms with van der Waals surface area (Å²) >= 11 is 0. The number of alkyl halides is 3. The Labute approximate surface area is 220 Å². The van der Waals surface area contributed by atoms with Crippen molar-refractivity contribution in [2.75, 3.05) is 39.5 Å². The number of likely N-dealkylation sites (tertiary alicyclic amines) is 1. The second-order valence-corrected chi connectivity index (χ2v) is 9.49. The molecule has 38 heavy (non-hydrogen) atoms. The Kier molecular flexibility index (Phi) is 8.94. The molecule has 2 aliphatic rings. The zero-order chi connectivity index (χ0) is 27.3. The number of nitrogens with zero attached hydrogens (tertiary/aromatic N) is 1. The number of halogens is 3. The minimum Gasteiger partial charge on any atom is -0.492 e. The maximum absolute atomic E-state index is 13.0. The van der Waals surface area contributed by atoms with E-state index in [0.29, 0.717) is 63.5 Å². The molecule has 0 aromatic heterocycles. The predicted octanol–water partition coefficient (Wildman–Crippen LogP) is 3.96. The molecule has 2 aromatic rings. The third-order valence-corrected chi connectivity index (χ3v) is 6.93. The van der Waals surface area contributed by atoms with E-state index in [1.54, 1.807) is 11.8 Å². The van der Waals surface area contributed by atoms with Gasteiger partial charge in [-0.25, -0.2) is 4.79 Å². The second kappa shape index (κ2) is 12.2. The van der Waals surface area contributed by atoms with Gasteiger partial charge in [-0.15, -0.1) is 0 Å². The summed E-state index contributed by atoms with van der Waals surface area (Å²) in [7, 11) is 0. The summed E-state index contributed by atoms with van der Waals surface area (Å²) in [6.07, 6.45) is -4.68.